The van der Waals surface area contributed by atoms with E-state index in [1.807, 2.05) is 6.92 Å². The van der Waals surface area contributed by atoms with Crippen LogP contribution in [0.2, 0.25) is 24.7 Å². The smallest absolute Gasteiger partial charge is 0.310 e. The minimum absolute atomic E-state index is 0.180. The highest BCUT2D eigenvalue weighted by Gasteiger charge is 2.87. The molecular formula is C23H38O5Si. The second-order valence-corrected chi connectivity index (χ2v) is 14.7. The SMILES string of the molecule is CCCCC1=C[C@@]2(CCCCC(=O)OCC)[C@H](C(=O)OCC)[C@@]2([Si](C)(C)C)C1=O. The van der Waals surface area contributed by atoms with Crippen LogP contribution in [0.1, 0.15) is 65.7 Å². The third kappa shape index (κ3) is 3.97. The molecule has 0 heterocycles. The molecule has 0 radical (unpaired) electrons. The first-order chi connectivity index (χ1) is 13.6. The van der Waals surface area contributed by atoms with Crippen molar-refractivity contribution < 1.29 is 23.9 Å². The first-order valence-corrected chi connectivity index (χ1v) is 14.7. The summed E-state index contributed by atoms with van der Waals surface area (Å²) in [4.78, 5) is 38.2. The van der Waals surface area contributed by atoms with E-state index in [4.69, 9.17) is 9.47 Å². The van der Waals surface area contributed by atoms with E-state index in [9.17, 15) is 14.4 Å². The summed E-state index contributed by atoms with van der Waals surface area (Å²) >= 11 is 0. The summed E-state index contributed by atoms with van der Waals surface area (Å²) in [5, 5.41) is -0.584. The van der Waals surface area contributed by atoms with Gasteiger partial charge in [-0.2, -0.15) is 0 Å². The van der Waals surface area contributed by atoms with Gasteiger partial charge in [-0.3, -0.25) is 14.4 Å². The number of fused-ring (bicyclic) bond motifs is 1. The Balaban J connectivity index is 2.30. The molecule has 2 rings (SSSR count). The van der Waals surface area contributed by atoms with Crippen molar-refractivity contribution in [2.24, 2.45) is 11.3 Å². The van der Waals surface area contributed by atoms with Gasteiger partial charge in [-0.15, -0.1) is 0 Å². The zero-order chi connectivity index (χ0) is 21.9. The van der Waals surface area contributed by atoms with Crippen molar-refractivity contribution in [1.29, 1.82) is 0 Å². The largest absolute Gasteiger partial charge is 0.466 e. The molecule has 29 heavy (non-hydrogen) atoms. The molecule has 0 unspecified atom stereocenters. The van der Waals surface area contributed by atoms with E-state index in [1.54, 1.807) is 6.92 Å². The lowest BCUT2D eigenvalue weighted by atomic mass is 9.94. The van der Waals surface area contributed by atoms with Gasteiger partial charge < -0.3 is 9.47 Å². The predicted molar refractivity (Wildman–Crippen MR) is 116 cm³/mol. The molecule has 0 saturated heterocycles. The van der Waals surface area contributed by atoms with Crippen molar-refractivity contribution >= 4 is 25.8 Å². The molecule has 0 aromatic carbocycles. The molecule has 0 N–H and O–H groups in total. The number of Topliss-reactive ketones (excluding diaryl/α,β-unsaturated/α-hetero) is 1. The molecular weight excluding hydrogens is 384 g/mol. The topological polar surface area (TPSA) is 69.7 Å². The summed E-state index contributed by atoms with van der Waals surface area (Å²) in [5.74, 6) is -0.559. The normalized spacial score (nSPS) is 28.0. The molecule has 0 aliphatic heterocycles. The maximum absolute atomic E-state index is 13.7. The molecule has 5 nitrogen and oxygen atoms in total. The van der Waals surface area contributed by atoms with Crippen molar-refractivity contribution in [3.8, 4) is 0 Å². The molecule has 0 aromatic heterocycles. The number of esters is 2. The molecule has 0 amide bonds. The zero-order valence-electron chi connectivity index (χ0n) is 19.1. The Labute approximate surface area is 176 Å². The van der Waals surface area contributed by atoms with Gasteiger partial charge in [0.05, 0.1) is 32.2 Å². The van der Waals surface area contributed by atoms with Gasteiger partial charge >= 0.3 is 11.9 Å². The van der Waals surface area contributed by atoms with Gasteiger partial charge in [0.1, 0.15) is 0 Å². The van der Waals surface area contributed by atoms with Crippen LogP contribution in [0.4, 0.5) is 0 Å². The molecule has 1 saturated carbocycles. The molecule has 2 aliphatic carbocycles. The van der Waals surface area contributed by atoms with Gasteiger partial charge in [0.25, 0.3) is 0 Å². The molecule has 6 heteroatoms. The standard InChI is InChI=1S/C23H38O5Si/c1-7-10-13-17-16-22(15-12-11-14-18(24)27-8-2)19(21(26)28-9-3)23(22,20(17)25)29(4,5)6/h16,19H,7-15H2,1-6H3/t19-,22-,23+/m0/s1. The van der Waals surface area contributed by atoms with E-state index in [1.165, 1.54) is 0 Å². The van der Waals surface area contributed by atoms with Gasteiger partial charge in [0, 0.05) is 11.8 Å². The lowest BCUT2D eigenvalue weighted by molar-refractivity contribution is -0.146. The van der Waals surface area contributed by atoms with E-state index in [-0.39, 0.29) is 23.6 Å². The van der Waals surface area contributed by atoms with Gasteiger partial charge in [0.2, 0.25) is 0 Å². The number of rotatable bonds is 12. The maximum atomic E-state index is 13.7. The Morgan fingerprint density at radius 3 is 2.24 bits per heavy atom. The second kappa shape index (κ2) is 9.15. The van der Waals surface area contributed by atoms with Crippen LogP contribution in [0.25, 0.3) is 0 Å². The van der Waals surface area contributed by atoms with Crippen LogP contribution >= 0.6 is 0 Å². The molecule has 164 valence electrons. The van der Waals surface area contributed by atoms with E-state index in [2.05, 4.69) is 32.6 Å². The van der Waals surface area contributed by atoms with E-state index in [0.717, 1.165) is 37.7 Å². The lowest BCUT2D eigenvalue weighted by Gasteiger charge is -2.30. The van der Waals surface area contributed by atoms with Crippen molar-refractivity contribution in [2.45, 2.75) is 90.4 Å². The quantitative estimate of drug-likeness (QED) is 0.249. The number of ketones is 1. The summed E-state index contributed by atoms with van der Waals surface area (Å²) in [6.07, 6.45) is 7.61. The number of unbranched alkanes of at least 4 members (excludes halogenated alkanes) is 2. The van der Waals surface area contributed by atoms with Crippen LogP contribution in [0.3, 0.4) is 0 Å². The summed E-state index contributed by atoms with van der Waals surface area (Å²) in [6, 6.07) is 0. The highest BCUT2D eigenvalue weighted by atomic mass is 28.3. The Hall–Kier alpha value is -1.43. The fourth-order valence-electron chi connectivity index (χ4n) is 5.70. The van der Waals surface area contributed by atoms with Crippen molar-refractivity contribution in [3.05, 3.63) is 11.6 Å². The van der Waals surface area contributed by atoms with E-state index in [0.29, 0.717) is 26.1 Å². The highest BCUT2D eigenvalue weighted by Crippen LogP contribution is 2.85. The summed E-state index contributed by atoms with van der Waals surface area (Å²) < 4.78 is 10.4. The monoisotopic (exact) mass is 422 g/mol. The van der Waals surface area contributed by atoms with Crippen LogP contribution < -0.4 is 0 Å². The van der Waals surface area contributed by atoms with Gasteiger partial charge in [-0.25, -0.2) is 0 Å². The highest BCUT2D eigenvalue weighted by molar-refractivity contribution is 6.85. The average molecular weight is 423 g/mol. The third-order valence-corrected chi connectivity index (χ3v) is 10.1. The van der Waals surface area contributed by atoms with Crippen molar-refractivity contribution in [3.63, 3.8) is 0 Å². The van der Waals surface area contributed by atoms with Crippen LogP contribution in [0, 0.1) is 11.3 Å². The Bertz CT molecular complexity index is 677. The Kier molecular flexibility index (Phi) is 7.52. The molecule has 0 bridgehead atoms. The number of carbonyl (C=O) groups excluding carboxylic acids is 3. The fraction of sp³-hybridized carbons (Fsp3) is 0.783. The lowest BCUT2D eigenvalue weighted by Crippen LogP contribution is -2.39. The number of carbonyl (C=O) groups is 3. The third-order valence-electron chi connectivity index (χ3n) is 6.71. The minimum atomic E-state index is -2.03. The van der Waals surface area contributed by atoms with E-state index >= 15 is 0 Å². The number of allylic oxidation sites excluding steroid dienone is 2. The number of hydrogen-bond acceptors (Lipinski definition) is 5. The van der Waals surface area contributed by atoms with Gasteiger partial charge in [0.15, 0.2) is 5.78 Å². The summed E-state index contributed by atoms with van der Waals surface area (Å²) in [6.45, 7) is 13.1. The van der Waals surface area contributed by atoms with Crippen LogP contribution in [-0.2, 0) is 23.9 Å². The molecule has 2 aliphatic rings. The molecule has 0 aromatic rings. The van der Waals surface area contributed by atoms with E-state index < -0.39 is 18.5 Å². The minimum Gasteiger partial charge on any atom is -0.466 e. The molecule has 3 atom stereocenters. The van der Waals surface area contributed by atoms with Crippen molar-refractivity contribution in [2.75, 3.05) is 13.2 Å². The first-order valence-electron chi connectivity index (χ1n) is 11.2. The number of ether oxygens (including phenoxy) is 2. The van der Waals surface area contributed by atoms with Crippen LogP contribution in [0.5, 0.6) is 0 Å². The zero-order valence-corrected chi connectivity index (χ0v) is 20.1. The first kappa shape index (κ1) is 23.8. The fourth-order valence-corrected chi connectivity index (χ4v) is 9.45. The summed E-state index contributed by atoms with van der Waals surface area (Å²) in [7, 11) is -2.03. The number of hydrogen-bond donors (Lipinski definition) is 0. The Morgan fingerprint density at radius 1 is 1.03 bits per heavy atom. The average Bonchev–Trinajstić information content (AvgIpc) is 3.17. The van der Waals surface area contributed by atoms with Crippen LogP contribution in [0.15, 0.2) is 11.6 Å². The van der Waals surface area contributed by atoms with Crippen LogP contribution in [-0.4, -0.2) is 39.0 Å². The molecule has 0 spiro atoms. The Morgan fingerprint density at radius 2 is 1.69 bits per heavy atom. The maximum Gasteiger partial charge on any atom is 0.310 e. The summed E-state index contributed by atoms with van der Waals surface area (Å²) in [5.41, 5.74) is 0.499. The second-order valence-electron chi connectivity index (χ2n) is 9.40. The molecule has 1 fully saturated rings. The predicted octanol–water partition coefficient (Wildman–Crippen LogP) is 5.07. The van der Waals surface area contributed by atoms with Gasteiger partial charge in [-0.05, 0) is 45.1 Å². The van der Waals surface area contributed by atoms with Gasteiger partial charge in [-0.1, -0.05) is 45.5 Å². The van der Waals surface area contributed by atoms with Crippen molar-refractivity contribution in [1.82, 2.24) is 0 Å².